The molecule has 2 aromatic carbocycles. The highest BCUT2D eigenvalue weighted by Crippen LogP contribution is 2.32. The Labute approximate surface area is 259 Å². The number of fused-ring (bicyclic) bond motifs is 1. The van der Waals surface area contributed by atoms with Gasteiger partial charge in [-0.05, 0) is 54.7 Å². The minimum atomic E-state index is -0.615. The van der Waals surface area contributed by atoms with Gasteiger partial charge >= 0.3 is 0 Å². The zero-order chi connectivity index (χ0) is 31.3. The molecule has 45 heavy (non-hydrogen) atoms. The van der Waals surface area contributed by atoms with Crippen LogP contribution in [-0.4, -0.2) is 45.9 Å². The molecule has 1 saturated heterocycles. The largest absolute Gasteiger partial charge is 0.489 e. The summed E-state index contributed by atoms with van der Waals surface area (Å²) in [7, 11) is 3.26. The number of anilines is 1. The number of aryl methyl sites for hydroxylation is 1. The summed E-state index contributed by atoms with van der Waals surface area (Å²) >= 11 is 0. The summed E-state index contributed by atoms with van der Waals surface area (Å²) in [6.45, 7) is 1.13. The van der Waals surface area contributed by atoms with Crippen molar-refractivity contribution in [3.05, 3.63) is 107 Å². The lowest BCUT2D eigenvalue weighted by Gasteiger charge is -2.23. The Morgan fingerprint density at radius 1 is 1.04 bits per heavy atom. The highest BCUT2D eigenvalue weighted by Gasteiger charge is 2.23. The molecule has 10 nitrogen and oxygen atoms in total. The fourth-order valence-electron chi connectivity index (χ4n) is 5.34. The minimum Gasteiger partial charge on any atom is -0.489 e. The van der Waals surface area contributed by atoms with Crippen molar-refractivity contribution in [1.82, 2.24) is 19.5 Å². The van der Waals surface area contributed by atoms with Crippen LogP contribution in [-0.2, 0) is 29.7 Å². The van der Waals surface area contributed by atoms with E-state index in [9.17, 15) is 9.59 Å². The molecule has 6 rings (SSSR count). The first-order valence-electron chi connectivity index (χ1n) is 14.8. The molecule has 232 valence electrons. The Morgan fingerprint density at radius 2 is 1.89 bits per heavy atom. The number of pyridine rings is 1. The number of benzene rings is 2. The molecule has 2 amide bonds. The number of nitrogens with one attached hydrogen (secondary N) is 2. The molecule has 0 aliphatic carbocycles. The van der Waals surface area contributed by atoms with E-state index in [0.29, 0.717) is 35.6 Å². The van der Waals surface area contributed by atoms with Crippen molar-refractivity contribution in [2.45, 2.75) is 38.8 Å². The van der Waals surface area contributed by atoms with Crippen LogP contribution in [0.4, 0.5) is 10.1 Å². The van der Waals surface area contributed by atoms with Crippen molar-refractivity contribution in [1.29, 1.82) is 0 Å². The van der Waals surface area contributed by atoms with Gasteiger partial charge in [-0.1, -0.05) is 30.3 Å². The first-order chi connectivity index (χ1) is 21.9. The van der Waals surface area contributed by atoms with E-state index >= 15 is 4.39 Å². The van der Waals surface area contributed by atoms with Crippen molar-refractivity contribution in [2.75, 3.05) is 19.0 Å². The summed E-state index contributed by atoms with van der Waals surface area (Å²) in [5.41, 5.74) is 3.29. The molecule has 0 spiro atoms. The number of halogens is 1. The van der Waals surface area contributed by atoms with Gasteiger partial charge in [0.05, 0.1) is 29.6 Å². The fourth-order valence-corrected chi connectivity index (χ4v) is 5.34. The Morgan fingerprint density at radius 3 is 2.62 bits per heavy atom. The number of hydrogen-bond acceptors (Lipinski definition) is 6. The summed E-state index contributed by atoms with van der Waals surface area (Å²) in [5.74, 6) is -1.07. The lowest BCUT2D eigenvalue weighted by molar-refractivity contribution is -0.168. The van der Waals surface area contributed by atoms with Crippen molar-refractivity contribution in [3.63, 3.8) is 0 Å². The zero-order valence-electron chi connectivity index (χ0n) is 25.1. The van der Waals surface area contributed by atoms with Crippen LogP contribution in [0.25, 0.3) is 16.6 Å². The number of hydrogen-bond donors (Lipinski definition) is 2. The lowest BCUT2D eigenvalue weighted by atomic mass is 10.0. The van der Waals surface area contributed by atoms with Crippen LogP contribution in [0.15, 0.2) is 79.3 Å². The van der Waals surface area contributed by atoms with E-state index in [0.717, 1.165) is 24.8 Å². The van der Waals surface area contributed by atoms with Gasteiger partial charge in [0.15, 0.2) is 12.1 Å². The summed E-state index contributed by atoms with van der Waals surface area (Å²) in [6, 6.07) is 17.8. The molecule has 0 radical (unpaired) electrons. The Balaban J connectivity index is 1.33. The molecule has 0 bridgehead atoms. The maximum absolute atomic E-state index is 16.0. The molecular formula is C34H34FN5O5. The zero-order valence-corrected chi connectivity index (χ0v) is 25.1. The maximum atomic E-state index is 16.0. The molecular weight excluding hydrogens is 577 g/mol. The Kier molecular flexibility index (Phi) is 8.90. The van der Waals surface area contributed by atoms with Gasteiger partial charge < -0.3 is 29.2 Å². The molecule has 4 heterocycles. The lowest BCUT2D eigenvalue weighted by Crippen LogP contribution is -2.22. The van der Waals surface area contributed by atoms with E-state index in [1.165, 1.54) is 13.1 Å². The van der Waals surface area contributed by atoms with Crippen LogP contribution in [0.2, 0.25) is 0 Å². The number of carbonyl (C=O) groups excluding carboxylic acids is 2. The quantitative estimate of drug-likeness (QED) is 0.209. The number of rotatable bonds is 10. The van der Waals surface area contributed by atoms with Crippen LogP contribution in [0, 0.1) is 5.82 Å². The molecule has 5 aromatic rings. The van der Waals surface area contributed by atoms with Crippen molar-refractivity contribution in [3.8, 4) is 16.9 Å². The monoisotopic (exact) mass is 611 g/mol. The molecule has 1 aliphatic heterocycles. The van der Waals surface area contributed by atoms with Crippen molar-refractivity contribution >= 4 is 23.0 Å². The van der Waals surface area contributed by atoms with Crippen molar-refractivity contribution in [2.24, 2.45) is 7.05 Å². The number of amides is 2. The van der Waals surface area contributed by atoms with Gasteiger partial charge in [0.2, 0.25) is 0 Å². The highest BCUT2D eigenvalue weighted by molar-refractivity contribution is 6.11. The number of carbonyl (C=O) groups is 2. The van der Waals surface area contributed by atoms with Crippen LogP contribution in [0.3, 0.4) is 0 Å². The topological polar surface area (TPSA) is 108 Å². The van der Waals surface area contributed by atoms with E-state index in [-0.39, 0.29) is 41.3 Å². The molecule has 2 N–H and O–H groups in total. The highest BCUT2D eigenvalue weighted by atomic mass is 19.1. The molecule has 1 unspecified atom stereocenters. The normalized spacial score (nSPS) is 14.8. The third-order valence-electron chi connectivity index (χ3n) is 7.67. The average molecular weight is 612 g/mol. The van der Waals surface area contributed by atoms with E-state index in [2.05, 4.69) is 15.7 Å². The van der Waals surface area contributed by atoms with E-state index in [1.807, 2.05) is 30.3 Å². The summed E-state index contributed by atoms with van der Waals surface area (Å²) in [5, 5.41) is 9.54. The van der Waals surface area contributed by atoms with Crippen LogP contribution < -0.4 is 15.4 Å². The SMILES string of the molecule is CNC(=O)c1cc(C(=O)Nc2cc(COC3CCCCO3)cc(-c3cnn(C)c3)c2F)c2cc(OCc3ccccc3)ccn12. The second-order valence-electron chi connectivity index (χ2n) is 10.9. The van der Waals surface area contributed by atoms with Gasteiger partial charge in [-0.2, -0.15) is 5.10 Å². The van der Waals surface area contributed by atoms with E-state index < -0.39 is 11.7 Å². The predicted molar refractivity (Wildman–Crippen MR) is 166 cm³/mol. The molecule has 11 heteroatoms. The molecule has 3 aromatic heterocycles. The standard InChI is InChI=1S/C34H34FN5O5/c1-36-34(42)30-17-27(29-16-25(11-12-40(29)30)44-20-22-8-4-3-5-9-22)33(41)38-28-15-23(21-45-31-10-6-7-13-43-31)14-26(32(28)35)24-18-37-39(2)19-24/h3-5,8-9,11-12,14-19,31H,6-7,10,13,20-21H2,1-2H3,(H,36,42)(H,38,41). The van der Waals surface area contributed by atoms with E-state index in [1.54, 1.807) is 59.0 Å². The van der Waals surface area contributed by atoms with Crippen LogP contribution in [0.1, 0.15) is 51.2 Å². The number of aromatic nitrogens is 3. The maximum Gasteiger partial charge on any atom is 0.268 e. The molecule has 1 aliphatic rings. The second-order valence-corrected chi connectivity index (χ2v) is 10.9. The first kappa shape index (κ1) is 30.0. The van der Waals surface area contributed by atoms with Gasteiger partial charge in [-0.15, -0.1) is 0 Å². The predicted octanol–water partition coefficient (Wildman–Crippen LogP) is 5.71. The molecule has 1 atom stereocenters. The van der Waals surface area contributed by atoms with Gasteiger partial charge in [0.25, 0.3) is 11.8 Å². The minimum absolute atomic E-state index is 0.0261. The fraction of sp³-hybridized carbons (Fsp3) is 0.265. The van der Waals surface area contributed by atoms with Gasteiger partial charge in [-0.3, -0.25) is 14.3 Å². The average Bonchev–Trinajstić information content (AvgIpc) is 3.68. The third-order valence-corrected chi connectivity index (χ3v) is 7.67. The molecule has 0 saturated carbocycles. The van der Waals surface area contributed by atoms with Gasteiger partial charge in [0, 0.05) is 50.3 Å². The Hall–Kier alpha value is -5.00. The molecule has 1 fully saturated rings. The smallest absolute Gasteiger partial charge is 0.268 e. The van der Waals surface area contributed by atoms with Gasteiger partial charge in [0.1, 0.15) is 18.1 Å². The summed E-state index contributed by atoms with van der Waals surface area (Å²) in [6.07, 6.45) is 7.39. The van der Waals surface area contributed by atoms with Crippen LogP contribution in [0.5, 0.6) is 5.75 Å². The second kappa shape index (κ2) is 13.3. The number of nitrogens with zero attached hydrogens (tertiary/aromatic N) is 3. The van der Waals surface area contributed by atoms with Gasteiger partial charge in [-0.25, -0.2) is 4.39 Å². The first-order valence-corrected chi connectivity index (χ1v) is 14.8. The summed E-state index contributed by atoms with van der Waals surface area (Å²) < 4.78 is 36.9. The van der Waals surface area contributed by atoms with Crippen LogP contribution >= 0.6 is 0 Å². The van der Waals surface area contributed by atoms with E-state index in [4.69, 9.17) is 14.2 Å². The summed E-state index contributed by atoms with van der Waals surface area (Å²) in [4.78, 5) is 26.6. The number of ether oxygens (including phenoxy) is 3. The Bertz CT molecular complexity index is 1830. The third kappa shape index (κ3) is 6.74. The van der Waals surface area contributed by atoms with Crippen molar-refractivity contribution < 1.29 is 28.2 Å².